The van der Waals surface area contributed by atoms with Gasteiger partial charge < -0.3 is 10.1 Å². The van der Waals surface area contributed by atoms with E-state index < -0.39 is 0 Å². The van der Waals surface area contributed by atoms with E-state index in [0.29, 0.717) is 6.04 Å². The molecular weight excluding hydrogens is 238 g/mol. The third-order valence-electron chi connectivity index (χ3n) is 4.59. The summed E-state index contributed by atoms with van der Waals surface area (Å²) in [6, 6.07) is 0.530. The van der Waals surface area contributed by atoms with Gasteiger partial charge in [0.2, 0.25) is 0 Å². The second-order valence-corrected chi connectivity index (χ2v) is 5.99. The lowest BCUT2D eigenvalue weighted by molar-refractivity contribution is -0.0910. The fourth-order valence-corrected chi connectivity index (χ4v) is 3.53. The molecule has 2 aliphatic rings. The molecule has 1 aromatic heterocycles. The normalized spacial score (nSPS) is 26.1. The molecule has 1 aliphatic carbocycles. The predicted molar refractivity (Wildman–Crippen MR) is 75.0 cm³/mol. The summed E-state index contributed by atoms with van der Waals surface area (Å²) in [6.07, 6.45) is 11.6. The van der Waals surface area contributed by atoms with E-state index in [-0.39, 0.29) is 5.60 Å². The average molecular weight is 263 g/mol. The lowest BCUT2D eigenvalue weighted by Crippen LogP contribution is -2.38. The Labute approximate surface area is 115 Å². The van der Waals surface area contributed by atoms with Crippen LogP contribution in [0.2, 0.25) is 0 Å². The maximum absolute atomic E-state index is 6.10. The maximum Gasteiger partial charge on any atom is 0.0703 e. The van der Waals surface area contributed by atoms with E-state index in [1.807, 2.05) is 6.20 Å². The fourth-order valence-electron chi connectivity index (χ4n) is 3.53. The minimum Gasteiger partial charge on any atom is -0.375 e. The zero-order valence-electron chi connectivity index (χ0n) is 11.9. The first-order chi connectivity index (χ1) is 9.31. The van der Waals surface area contributed by atoms with Crippen LogP contribution in [0.5, 0.6) is 0 Å². The summed E-state index contributed by atoms with van der Waals surface area (Å²) in [5, 5.41) is 7.92. The van der Waals surface area contributed by atoms with Crippen LogP contribution in [0.4, 0.5) is 0 Å². The molecule has 1 aliphatic heterocycles. The molecule has 2 fully saturated rings. The van der Waals surface area contributed by atoms with Crippen molar-refractivity contribution in [3.05, 3.63) is 18.0 Å². The molecule has 19 heavy (non-hydrogen) atoms. The number of hydrogen-bond donors (Lipinski definition) is 1. The van der Waals surface area contributed by atoms with Gasteiger partial charge in [0.05, 0.1) is 17.8 Å². The second kappa shape index (κ2) is 5.63. The zero-order chi connectivity index (χ0) is 13.1. The molecule has 3 rings (SSSR count). The van der Waals surface area contributed by atoms with E-state index in [1.54, 1.807) is 0 Å². The van der Waals surface area contributed by atoms with Crippen LogP contribution in [-0.2, 0) is 11.3 Å². The highest BCUT2D eigenvalue weighted by Crippen LogP contribution is 2.43. The Hall–Kier alpha value is -0.870. The van der Waals surface area contributed by atoms with Gasteiger partial charge in [0.15, 0.2) is 0 Å². The molecule has 4 nitrogen and oxygen atoms in total. The van der Waals surface area contributed by atoms with E-state index in [1.165, 1.54) is 31.2 Å². The van der Waals surface area contributed by atoms with Crippen LogP contribution in [-0.4, -0.2) is 28.5 Å². The molecule has 4 heteroatoms. The van der Waals surface area contributed by atoms with Crippen molar-refractivity contribution in [2.24, 2.45) is 0 Å². The Bertz CT molecular complexity index is 409. The molecule has 0 radical (unpaired) electrons. The van der Waals surface area contributed by atoms with E-state index in [0.717, 1.165) is 32.5 Å². The zero-order valence-corrected chi connectivity index (χ0v) is 11.9. The summed E-state index contributed by atoms with van der Waals surface area (Å²) in [6.45, 7) is 4.95. The van der Waals surface area contributed by atoms with Crippen molar-refractivity contribution < 1.29 is 4.74 Å². The Morgan fingerprint density at radius 3 is 3.11 bits per heavy atom. The maximum atomic E-state index is 6.10. The molecule has 1 spiro atoms. The van der Waals surface area contributed by atoms with Crippen LogP contribution in [0.15, 0.2) is 12.4 Å². The van der Waals surface area contributed by atoms with Crippen molar-refractivity contribution in [3.8, 4) is 0 Å². The van der Waals surface area contributed by atoms with Crippen LogP contribution < -0.4 is 5.32 Å². The first-order valence-corrected chi connectivity index (χ1v) is 7.69. The van der Waals surface area contributed by atoms with E-state index >= 15 is 0 Å². The number of nitrogens with one attached hydrogen (secondary N) is 1. The predicted octanol–water partition coefficient (Wildman–Crippen LogP) is 2.66. The molecule has 0 bridgehead atoms. The first-order valence-electron chi connectivity index (χ1n) is 7.69. The lowest BCUT2D eigenvalue weighted by atomic mass is 9.89. The van der Waals surface area contributed by atoms with Crippen LogP contribution >= 0.6 is 0 Å². The van der Waals surface area contributed by atoms with E-state index in [9.17, 15) is 0 Å². The highest BCUT2D eigenvalue weighted by atomic mass is 16.5. The quantitative estimate of drug-likeness (QED) is 0.907. The van der Waals surface area contributed by atoms with Crippen molar-refractivity contribution in [2.75, 3.05) is 13.2 Å². The number of aromatic nitrogens is 2. The van der Waals surface area contributed by atoms with Gasteiger partial charge in [-0.25, -0.2) is 0 Å². The molecule has 1 saturated carbocycles. The minimum atomic E-state index is 0.177. The smallest absolute Gasteiger partial charge is 0.0703 e. The number of rotatable bonds is 4. The van der Waals surface area contributed by atoms with Gasteiger partial charge in [0.1, 0.15) is 0 Å². The fraction of sp³-hybridized carbons (Fsp3) is 0.800. The summed E-state index contributed by atoms with van der Waals surface area (Å²) >= 11 is 0. The SMILES string of the molecule is CCNCc1cnn(C2CCOC3(CCCC3)C2)c1. The highest BCUT2D eigenvalue weighted by molar-refractivity contribution is 5.05. The van der Waals surface area contributed by atoms with Gasteiger partial charge in [-0.15, -0.1) is 0 Å². The van der Waals surface area contributed by atoms with Gasteiger partial charge in [0, 0.05) is 24.9 Å². The third-order valence-corrected chi connectivity index (χ3v) is 4.59. The minimum absolute atomic E-state index is 0.177. The monoisotopic (exact) mass is 263 g/mol. The van der Waals surface area contributed by atoms with Crippen molar-refractivity contribution >= 4 is 0 Å². The molecule has 1 N–H and O–H groups in total. The van der Waals surface area contributed by atoms with Crippen molar-refractivity contribution in [2.45, 2.75) is 63.6 Å². The average Bonchev–Trinajstić information content (AvgIpc) is 3.06. The summed E-state index contributed by atoms with van der Waals surface area (Å²) in [5.41, 5.74) is 1.46. The molecule has 0 amide bonds. The standard InChI is InChI=1S/C15H25N3O/c1-2-16-10-13-11-17-18(12-13)14-5-8-19-15(9-14)6-3-4-7-15/h11-12,14,16H,2-10H2,1H3. The van der Waals surface area contributed by atoms with Crippen molar-refractivity contribution in [1.82, 2.24) is 15.1 Å². The third kappa shape index (κ3) is 2.84. The van der Waals surface area contributed by atoms with Crippen molar-refractivity contribution in [3.63, 3.8) is 0 Å². The summed E-state index contributed by atoms with van der Waals surface area (Å²) in [5.74, 6) is 0. The van der Waals surface area contributed by atoms with Crippen molar-refractivity contribution in [1.29, 1.82) is 0 Å². The van der Waals surface area contributed by atoms with Gasteiger partial charge in [0.25, 0.3) is 0 Å². The topological polar surface area (TPSA) is 39.1 Å². The van der Waals surface area contributed by atoms with Gasteiger partial charge in [-0.2, -0.15) is 5.10 Å². The van der Waals surface area contributed by atoms with E-state index in [4.69, 9.17) is 4.74 Å². The first kappa shape index (κ1) is 13.1. The van der Waals surface area contributed by atoms with Crippen LogP contribution in [0.3, 0.4) is 0 Å². The summed E-state index contributed by atoms with van der Waals surface area (Å²) in [7, 11) is 0. The molecule has 0 aromatic carbocycles. The van der Waals surface area contributed by atoms with Crippen LogP contribution in [0.25, 0.3) is 0 Å². The van der Waals surface area contributed by atoms with Crippen LogP contribution in [0.1, 0.15) is 57.1 Å². The molecular formula is C15H25N3O. The van der Waals surface area contributed by atoms with Crippen LogP contribution in [0, 0.1) is 0 Å². The Morgan fingerprint density at radius 1 is 1.47 bits per heavy atom. The van der Waals surface area contributed by atoms with Gasteiger partial charge in [-0.05, 0) is 32.2 Å². The molecule has 1 atom stereocenters. The summed E-state index contributed by atoms with van der Waals surface area (Å²) in [4.78, 5) is 0. The van der Waals surface area contributed by atoms with E-state index in [2.05, 4.69) is 28.2 Å². The molecule has 1 aromatic rings. The van der Waals surface area contributed by atoms with Gasteiger partial charge in [-0.1, -0.05) is 19.8 Å². The largest absolute Gasteiger partial charge is 0.375 e. The van der Waals surface area contributed by atoms with Gasteiger partial charge in [-0.3, -0.25) is 4.68 Å². The lowest BCUT2D eigenvalue weighted by Gasteiger charge is -2.38. The Morgan fingerprint density at radius 2 is 2.32 bits per heavy atom. The van der Waals surface area contributed by atoms with Gasteiger partial charge >= 0.3 is 0 Å². The number of ether oxygens (including phenoxy) is 1. The molecule has 1 unspecified atom stereocenters. The Kier molecular flexibility index (Phi) is 3.89. The Balaban J connectivity index is 1.66. The number of hydrogen-bond acceptors (Lipinski definition) is 3. The number of nitrogens with zero attached hydrogens (tertiary/aromatic N) is 2. The highest BCUT2D eigenvalue weighted by Gasteiger charge is 2.40. The second-order valence-electron chi connectivity index (χ2n) is 5.99. The molecule has 106 valence electrons. The molecule has 1 saturated heterocycles. The molecule has 2 heterocycles. The summed E-state index contributed by atoms with van der Waals surface area (Å²) < 4.78 is 8.27.